The monoisotopic (exact) mass is 195 g/mol. The van der Waals surface area contributed by atoms with Crippen LogP contribution in [0, 0.1) is 0 Å². The van der Waals surface area contributed by atoms with Crippen molar-refractivity contribution in [2.45, 2.75) is 31.8 Å². The first-order chi connectivity index (χ1) is 6.88. The summed E-state index contributed by atoms with van der Waals surface area (Å²) in [5, 5.41) is 7.73. The Hall–Kier alpha value is -1.03. The van der Waals surface area contributed by atoms with E-state index in [2.05, 4.69) is 10.4 Å². The zero-order valence-corrected chi connectivity index (χ0v) is 8.57. The smallest absolute Gasteiger partial charge is 0.156 e. The molecule has 14 heavy (non-hydrogen) atoms. The molecule has 1 atom stereocenters. The first-order valence-corrected chi connectivity index (χ1v) is 5.18. The van der Waals surface area contributed by atoms with Gasteiger partial charge in [-0.1, -0.05) is 6.42 Å². The standard InChI is InChI=1S/C10H17N3O/c1-14-10-6-12-13(8-10)7-9-4-2-3-5-11-9/h6,8-9,11H,2-5,7H2,1H3. The van der Waals surface area contributed by atoms with Crippen LogP contribution in [0.2, 0.25) is 0 Å². The van der Waals surface area contributed by atoms with Crippen molar-refractivity contribution in [2.75, 3.05) is 13.7 Å². The predicted molar refractivity (Wildman–Crippen MR) is 54.4 cm³/mol. The molecule has 1 aliphatic rings. The molecule has 1 aromatic heterocycles. The minimum absolute atomic E-state index is 0.577. The number of hydrogen-bond acceptors (Lipinski definition) is 3. The number of nitrogens with one attached hydrogen (secondary N) is 1. The molecule has 4 heteroatoms. The van der Waals surface area contributed by atoms with E-state index in [1.165, 1.54) is 19.3 Å². The molecule has 0 spiro atoms. The second-order valence-electron chi connectivity index (χ2n) is 3.75. The molecule has 2 rings (SSSR count). The average Bonchev–Trinajstić information content (AvgIpc) is 2.67. The normalized spacial score (nSPS) is 22.2. The first kappa shape index (κ1) is 9.52. The summed E-state index contributed by atoms with van der Waals surface area (Å²) in [6, 6.07) is 0.577. The van der Waals surface area contributed by atoms with Gasteiger partial charge in [-0.2, -0.15) is 5.10 Å². The van der Waals surface area contributed by atoms with Gasteiger partial charge in [-0.15, -0.1) is 0 Å². The highest BCUT2D eigenvalue weighted by Gasteiger charge is 2.13. The van der Waals surface area contributed by atoms with Crippen LogP contribution in [0.4, 0.5) is 0 Å². The third kappa shape index (κ3) is 2.26. The van der Waals surface area contributed by atoms with Crippen molar-refractivity contribution in [3.05, 3.63) is 12.4 Å². The predicted octanol–water partition coefficient (Wildman–Crippen LogP) is 1.03. The third-order valence-corrected chi connectivity index (χ3v) is 2.67. The number of rotatable bonds is 3. The second-order valence-corrected chi connectivity index (χ2v) is 3.75. The van der Waals surface area contributed by atoms with Gasteiger partial charge in [0, 0.05) is 6.04 Å². The lowest BCUT2D eigenvalue weighted by Crippen LogP contribution is -2.37. The maximum atomic E-state index is 5.08. The summed E-state index contributed by atoms with van der Waals surface area (Å²) < 4.78 is 7.03. The average molecular weight is 195 g/mol. The Balaban J connectivity index is 1.89. The van der Waals surface area contributed by atoms with Gasteiger partial charge in [0.2, 0.25) is 0 Å². The van der Waals surface area contributed by atoms with E-state index in [-0.39, 0.29) is 0 Å². The van der Waals surface area contributed by atoms with E-state index < -0.39 is 0 Å². The molecule has 1 fully saturated rings. The van der Waals surface area contributed by atoms with Crippen molar-refractivity contribution in [2.24, 2.45) is 0 Å². The van der Waals surface area contributed by atoms with Crippen molar-refractivity contribution >= 4 is 0 Å². The van der Waals surface area contributed by atoms with Crippen LogP contribution in [-0.4, -0.2) is 29.5 Å². The highest BCUT2D eigenvalue weighted by atomic mass is 16.5. The molecule has 4 nitrogen and oxygen atoms in total. The van der Waals surface area contributed by atoms with Gasteiger partial charge in [-0.25, -0.2) is 0 Å². The number of ether oxygens (including phenoxy) is 1. The Morgan fingerprint density at radius 3 is 3.21 bits per heavy atom. The molecule has 0 radical (unpaired) electrons. The Morgan fingerprint density at radius 1 is 1.64 bits per heavy atom. The molecule has 1 unspecified atom stereocenters. The molecule has 1 aliphatic heterocycles. The summed E-state index contributed by atoms with van der Waals surface area (Å²) in [5.74, 6) is 0.834. The van der Waals surface area contributed by atoms with Gasteiger partial charge in [0.25, 0.3) is 0 Å². The molecule has 1 N–H and O–H groups in total. The van der Waals surface area contributed by atoms with Crippen molar-refractivity contribution in [3.8, 4) is 5.75 Å². The number of piperidine rings is 1. The quantitative estimate of drug-likeness (QED) is 0.783. The summed E-state index contributed by atoms with van der Waals surface area (Å²) in [4.78, 5) is 0. The Bertz CT molecular complexity index is 279. The Kier molecular flexibility index (Phi) is 3.03. The van der Waals surface area contributed by atoms with E-state index in [9.17, 15) is 0 Å². The van der Waals surface area contributed by atoms with Crippen LogP contribution in [0.3, 0.4) is 0 Å². The Labute approximate surface area is 84.3 Å². The number of aromatic nitrogens is 2. The van der Waals surface area contributed by atoms with E-state index >= 15 is 0 Å². The molecular formula is C10H17N3O. The lowest BCUT2D eigenvalue weighted by Gasteiger charge is -2.23. The topological polar surface area (TPSA) is 39.1 Å². The largest absolute Gasteiger partial charge is 0.493 e. The van der Waals surface area contributed by atoms with Crippen molar-refractivity contribution < 1.29 is 4.74 Å². The van der Waals surface area contributed by atoms with Crippen LogP contribution in [0.5, 0.6) is 5.75 Å². The van der Waals surface area contributed by atoms with Crippen molar-refractivity contribution in [1.82, 2.24) is 15.1 Å². The van der Waals surface area contributed by atoms with E-state index in [0.29, 0.717) is 6.04 Å². The fourth-order valence-corrected chi connectivity index (χ4v) is 1.86. The lowest BCUT2D eigenvalue weighted by molar-refractivity contribution is 0.350. The van der Waals surface area contributed by atoms with E-state index in [0.717, 1.165) is 18.8 Å². The molecule has 1 aromatic rings. The summed E-state index contributed by atoms with van der Waals surface area (Å²) in [6.07, 6.45) is 7.58. The van der Waals surface area contributed by atoms with Gasteiger partial charge in [-0.05, 0) is 19.4 Å². The van der Waals surface area contributed by atoms with E-state index in [1.807, 2.05) is 10.9 Å². The van der Waals surface area contributed by atoms with E-state index in [4.69, 9.17) is 4.74 Å². The zero-order valence-electron chi connectivity index (χ0n) is 8.57. The fraction of sp³-hybridized carbons (Fsp3) is 0.700. The van der Waals surface area contributed by atoms with Crippen molar-refractivity contribution in [3.63, 3.8) is 0 Å². The highest BCUT2D eigenvalue weighted by molar-refractivity contribution is 5.11. The summed E-state index contributed by atoms with van der Waals surface area (Å²) in [6.45, 7) is 2.09. The molecule has 0 amide bonds. The first-order valence-electron chi connectivity index (χ1n) is 5.18. The fourth-order valence-electron chi connectivity index (χ4n) is 1.86. The van der Waals surface area contributed by atoms with Gasteiger partial charge in [0.05, 0.1) is 26.0 Å². The molecule has 0 bridgehead atoms. The van der Waals surface area contributed by atoms with Crippen LogP contribution in [-0.2, 0) is 6.54 Å². The number of methoxy groups -OCH3 is 1. The summed E-state index contributed by atoms with van der Waals surface area (Å²) in [5.41, 5.74) is 0. The van der Waals surface area contributed by atoms with Crippen LogP contribution >= 0.6 is 0 Å². The van der Waals surface area contributed by atoms with Crippen LogP contribution < -0.4 is 10.1 Å². The molecule has 0 aromatic carbocycles. The second kappa shape index (κ2) is 4.46. The van der Waals surface area contributed by atoms with Gasteiger partial charge in [0.15, 0.2) is 5.75 Å². The molecule has 2 heterocycles. The molecule has 1 saturated heterocycles. The Morgan fingerprint density at radius 2 is 2.57 bits per heavy atom. The van der Waals surface area contributed by atoms with Gasteiger partial charge >= 0.3 is 0 Å². The summed E-state index contributed by atoms with van der Waals surface area (Å²) >= 11 is 0. The third-order valence-electron chi connectivity index (χ3n) is 2.67. The molecular weight excluding hydrogens is 178 g/mol. The van der Waals surface area contributed by atoms with Crippen LogP contribution in [0.1, 0.15) is 19.3 Å². The van der Waals surface area contributed by atoms with Gasteiger partial charge in [0.1, 0.15) is 0 Å². The number of hydrogen-bond donors (Lipinski definition) is 1. The maximum absolute atomic E-state index is 5.08. The maximum Gasteiger partial charge on any atom is 0.156 e. The molecule has 0 aliphatic carbocycles. The molecule has 78 valence electrons. The summed E-state index contributed by atoms with van der Waals surface area (Å²) in [7, 11) is 1.67. The van der Waals surface area contributed by atoms with Gasteiger partial charge < -0.3 is 10.1 Å². The lowest BCUT2D eigenvalue weighted by atomic mass is 10.1. The van der Waals surface area contributed by atoms with Crippen LogP contribution in [0.25, 0.3) is 0 Å². The van der Waals surface area contributed by atoms with Gasteiger partial charge in [-0.3, -0.25) is 4.68 Å². The highest BCUT2D eigenvalue weighted by Crippen LogP contribution is 2.11. The minimum Gasteiger partial charge on any atom is -0.493 e. The molecule has 0 saturated carbocycles. The minimum atomic E-state index is 0.577. The SMILES string of the molecule is COc1cnn(CC2CCCCN2)c1. The van der Waals surface area contributed by atoms with Crippen molar-refractivity contribution in [1.29, 1.82) is 0 Å². The van der Waals surface area contributed by atoms with Crippen LogP contribution in [0.15, 0.2) is 12.4 Å². The number of nitrogens with zero attached hydrogens (tertiary/aromatic N) is 2. The van der Waals surface area contributed by atoms with E-state index in [1.54, 1.807) is 13.3 Å². The zero-order chi connectivity index (χ0) is 9.80.